The van der Waals surface area contributed by atoms with Gasteiger partial charge in [0.1, 0.15) is 0 Å². The van der Waals surface area contributed by atoms with Crippen LogP contribution in [0.15, 0.2) is 0 Å². The molecule has 0 amide bonds. The van der Waals surface area contributed by atoms with Gasteiger partial charge in [0.25, 0.3) is 5.97 Å². The Morgan fingerprint density at radius 1 is 0.708 bits per heavy atom. The van der Waals surface area contributed by atoms with E-state index in [0.29, 0.717) is 0 Å². The highest BCUT2D eigenvalue weighted by Gasteiger charge is 2.51. The van der Waals surface area contributed by atoms with Crippen molar-refractivity contribution in [2.24, 2.45) is 5.41 Å². The van der Waals surface area contributed by atoms with Crippen LogP contribution in [0.2, 0.25) is 0 Å². The highest BCUT2D eigenvalue weighted by atomic mass is 16.9. The Bertz CT molecular complexity index is 274. The van der Waals surface area contributed by atoms with E-state index in [9.17, 15) is 0 Å². The topological polar surface area (TPSA) is 39.7 Å². The average molecular weight is 346 g/mol. The first-order valence-electron chi connectivity index (χ1n) is 9.98. The van der Waals surface area contributed by atoms with Gasteiger partial charge in [-0.15, -0.1) is 0 Å². The molecule has 0 saturated carbocycles. The number of unbranched alkanes of at least 4 members (excludes halogenated alkanes) is 5. The molecule has 1 atom stereocenters. The molecule has 0 aromatic carbocycles. The molecule has 0 aromatic rings. The Balaban J connectivity index is 4.88. The lowest BCUT2D eigenvalue weighted by Crippen LogP contribution is -2.53. The van der Waals surface area contributed by atoms with E-state index in [2.05, 4.69) is 26.1 Å². The third-order valence-corrected chi connectivity index (χ3v) is 5.40. The molecule has 24 heavy (non-hydrogen) atoms. The van der Waals surface area contributed by atoms with Gasteiger partial charge in [0.05, 0.1) is 5.41 Å². The fourth-order valence-corrected chi connectivity index (χ4v) is 3.87. The van der Waals surface area contributed by atoms with Gasteiger partial charge in [-0.1, -0.05) is 59.3 Å². The van der Waals surface area contributed by atoms with E-state index >= 15 is 0 Å². The molecule has 0 heterocycles. The number of ether oxygens (including phenoxy) is 3. The molecule has 0 aliphatic heterocycles. The summed E-state index contributed by atoms with van der Waals surface area (Å²) in [5.41, 5.74) is -0.106. The molecule has 0 saturated heterocycles. The molecule has 0 radical (unpaired) electrons. The lowest BCUT2D eigenvalue weighted by atomic mass is 9.73. The minimum atomic E-state index is -0.947. The first-order valence-corrected chi connectivity index (χ1v) is 9.98. The number of hydrogen-bond acceptors (Lipinski definition) is 4. The van der Waals surface area contributed by atoms with Crippen LogP contribution in [-0.2, 0) is 14.2 Å². The molecule has 0 aliphatic carbocycles. The summed E-state index contributed by atoms with van der Waals surface area (Å²) in [5, 5.41) is 3.42. The zero-order valence-electron chi connectivity index (χ0n) is 17.2. The maximum Gasteiger partial charge on any atom is 0.288 e. The number of rotatable bonds is 17. The van der Waals surface area contributed by atoms with Gasteiger partial charge < -0.3 is 19.5 Å². The summed E-state index contributed by atoms with van der Waals surface area (Å²) in [4.78, 5) is 0. The normalized spacial score (nSPS) is 14.8. The van der Waals surface area contributed by atoms with Crippen LogP contribution in [0.1, 0.15) is 85.0 Å². The largest absolute Gasteiger partial charge is 0.330 e. The van der Waals surface area contributed by atoms with Gasteiger partial charge in [-0.3, -0.25) is 0 Å². The van der Waals surface area contributed by atoms with Gasteiger partial charge in [-0.05, 0) is 38.8 Å². The Labute approximate surface area is 151 Å². The lowest BCUT2D eigenvalue weighted by Gasteiger charge is -2.47. The summed E-state index contributed by atoms with van der Waals surface area (Å²) >= 11 is 0. The van der Waals surface area contributed by atoms with E-state index in [4.69, 9.17) is 14.2 Å². The van der Waals surface area contributed by atoms with Crippen LogP contribution in [-0.4, -0.2) is 40.4 Å². The third kappa shape index (κ3) is 6.99. The van der Waals surface area contributed by atoms with Crippen molar-refractivity contribution in [3.05, 3.63) is 0 Å². The van der Waals surface area contributed by atoms with Crippen LogP contribution in [0.5, 0.6) is 0 Å². The van der Waals surface area contributed by atoms with Gasteiger partial charge in [0.15, 0.2) is 0 Å². The first-order chi connectivity index (χ1) is 11.6. The molecular formula is C20H43NO3. The van der Waals surface area contributed by atoms with Gasteiger partial charge in [0.2, 0.25) is 0 Å². The van der Waals surface area contributed by atoms with Crippen LogP contribution in [0.4, 0.5) is 0 Å². The molecule has 0 spiro atoms. The van der Waals surface area contributed by atoms with Crippen molar-refractivity contribution in [1.29, 1.82) is 0 Å². The standard InChI is InChI=1S/C20H43NO3/c1-7-10-11-12-13-14-16-19(8-2,17-15-18-21-9-3)20(22-4,23-5)24-6/h21H,7-18H2,1-6H3. The Kier molecular flexibility index (Phi) is 14.0. The molecule has 146 valence electrons. The Morgan fingerprint density at radius 2 is 1.25 bits per heavy atom. The molecule has 0 aromatic heterocycles. The van der Waals surface area contributed by atoms with Gasteiger partial charge in [-0.25, -0.2) is 0 Å². The van der Waals surface area contributed by atoms with Crippen molar-refractivity contribution in [3.8, 4) is 0 Å². The molecule has 0 aliphatic rings. The zero-order valence-corrected chi connectivity index (χ0v) is 17.2. The van der Waals surface area contributed by atoms with E-state index in [1.165, 1.54) is 38.5 Å². The molecule has 1 N–H and O–H groups in total. The summed E-state index contributed by atoms with van der Waals surface area (Å²) in [5.74, 6) is -0.947. The maximum atomic E-state index is 5.78. The van der Waals surface area contributed by atoms with Crippen molar-refractivity contribution >= 4 is 0 Å². The number of methoxy groups -OCH3 is 3. The first kappa shape index (κ1) is 23.8. The number of hydrogen-bond donors (Lipinski definition) is 1. The summed E-state index contributed by atoms with van der Waals surface area (Å²) < 4.78 is 17.3. The quantitative estimate of drug-likeness (QED) is 0.293. The zero-order chi connectivity index (χ0) is 18.3. The lowest BCUT2D eigenvalue weighted by molar-refractivity contribution is -0.410. The van der Waals surface area contributed by atoms with Crippen LogP contribution < -0.4 is 5.32 Å². The summed E-state index contributed by atoms with van der Waals surface area (Å²) in [7, 11) is 5.09. The van der Waals surface area contributed by atoms with E-state index in [1.807, 2.05) is 0 Å². The van der Waals surface area contributed by atoms with E-state index in [1.54, 1.807) is 21.3 Å². The maximum absolute atomic E-state index is 5.78. The van der Waals surface area contributed by atoms with Crippen molar-refractivity contribution in [2.45, 2.75) is 91.0 Å². The molecule has 0 rings (SSSR count). The van der Waals surface area contributed by atoms with Crippen LogP contribution >= 0.6 is 0 Å². The molecule has 4 heteroatoms. The molecule has 0 bridgehead atoms. The van der Waals surface area contributed by atoms with Crippen molar-refractivity contribution < 1.29 is 14.2 Å². The Morgan fingerprint density at radius 3 is 1.75 bits per heavy atom. The summed E-state index contributed by atoms with van der Waals surface area (Å²) in [6.07, 6.45) is 12.0. The SMILES string of the molecule is CCCCCCCCC(CC)(CCCNCC)C(OC)(OC)OC. The van der Waals surface area contributed by atoms with Crippen molar-refractivity contribution in [2.75, 3.05) is 34.4 Å². The van der Waals surface area contributed by atoms with Gasteiger partial charge in [-0.2, -0.15) is 0 Å². The second-order valence-corrected chi connectivity index (χ2v) is 6.78. The minimum absolute atomic E-state index is 0.106. The fraction of sp³-hybridized carbons (Fsp3) is 1.00. The third-order valence-electron chi connectivity index (χ3n) is 5.40. The van der Waals surface area contributed by atoms with E-state index in [0.717, 1.165) is 38.8 Å². The second kappa shape index (κ2) is 14.1. The Hall–Kier alpha value is -0.160. The average Bonchev–Trinajstić information content (AvgIpc) is 2.62. The summed E-state index contributed by atoms with van der Waals surface area (Å²) in [6.45, 7) is 8.68. The monoisotopic (exact) mass is 345 g/mol. The molecule has 0 fully saturated rings. The number of nitrogens with one attached hydrogen (secondary N) is 1. The van der Waals surface area contributed by atoms with E-state index < -0.39 is 5.97 Å². The predicted octanol–water partition coefficient (Wildman–Crippen LogP) is 5.12. The molecule has 1 unspecified atom stereocenters. The predicted molar refractivity (Wildman–Crippen MR) is 102 cm³/mol. The highest BCUT2D eigenvalue weighted by molar-refractivity contribution is 4.88. The fourth-order valence-electron chi connectivity index (χ4n) is 3.87. The summed E-state index contributed by atoms with van der Waals surface area (Å²) in [6, 6.07) is 0. The smallest absolute Gasteiger partial charge is 0.288 e. The van der Waals surface area contributed by atoms with E-state index in [-0.39, 0.29) is 5.41 Å². The van der Waals surface area contributed by atoms with Gasteiger partial charge >= 0.3 is 0 Å². The minimum Gasteiger partial charge on any atom is -0.330 e. The second-order valence-electron chi connectivity index (χ2n) is 6.78. The molecule has 4 nitrogen and oxygen atoms in total. The highest BCUT2D eigenvalue weighted by Crippen LogP contribution is 2.47. The van der Waals surface area contributed by atoms with Crippen LogP contribution in [0.3, 0.4) is 0 Å². The van der Waals surface area contributed by atoms with Crippen molar-refractivity contribution in [1.82, 2.24) is 5.32 Å². The van der Waals surface area contributed by atoms with Crippen LogP contribution in [0, 0.1) is 5.41 Å². The van der Waals surface area contributed by atoms with Crippen LogP contribution in [0.25, 0.3) is 0 Å². The van der Waals surface area contributed by atoms with Crippen molar-refractivity contribution in [3.63, 3.8) is 0 Å². The molecular weight excluding hydrogens is 302 g/mol. The van der Waals surface area contributed by atoms with Gasteiger partial charge in [0, 0.05) is 21.3 Å².